The fraction of sp³-hybridized carbons (Fsp3) is 0.353. The van der Waals surface area contributed by atoms with Gasteiger partial charge in [0.25, 0.3) is 5.91 Å². The second-order valence-electron chi connectivity index (χ2n) is 6.21. The van der Waals surface area contributed by atoms with E-state index in [4.69, 9.17) is 16.2 Å². The number of anilines is 1. The van der Waals surface area contributed by atoms with Crippen molar-refractivity contribution in [2.45, 2.75) is 31.1 Å². The number of aliphatic hydroxyl groups excluding tert-OH is 2. The van der Waals surface area contributed by atoms with Gasteiger partial charge in [-0.3, -0.25) is 14.2 Å². The molecule has 1 amide bonds. The molecule has 144 valence electrons. The molecule has 0 saturated carbocycles. The lowest BCUT2D eigenvalue weighted by Crippen LogP contribution is -2.35. The number of imidazole rings is 1. The Bertz CT molecular complexity index is 822. The Morgan fingerprint density at radius 3 is 2.59 bits per heavy atom. The first-order valence-corrected chi connectivity index (χ1v) is 8.32. The van der Waals surface area contributed by atoms with E-state index in [-0.39, 0.29) is 24.6 Å². The molecule has 4 atom stereocenters. The fourth-order valence-corrected chi connectivity index (χ4v) is 2.88. The molecule has 1 aliphatic heterocycles. The van der Waals surface area contributed by atoms with Crippen molar-refractivity contribution in [2.75, 3.05) is 12.3 Å². The molecule has 0 aliphatic carbocycles. The van der Waals surface area contributed by atoms with Gasteiger partial charge in [0.2, 0.25) is 0 Å². The lowest BCUT2D eigenvalue weighted by molar-refractivity contribution is -0.0330. The van der Waals surface area contributed by atoms with E-state index in [0.29, 0.717) is 5.56 Å². The molecular weight excluding hydrogens is 354 g/mol. The standard InChI is InChI=1S/C17H21N5O5/c18-5-11-13(24)14(25)17(27-11)22-8-21-12(15(22)19)16(26)20-6-9-1-3-10(7-23)4-2-9/h1-4,7-8,11,13-14,17,24-25H,5-6,18-19H2,(H,20,26)/t11-,13-,14-,17-/m1/s1. The van der Waals surface area contributed by atoms with Crippen molar-refractivity contribution >= 4 is 18.0 Å². The number of nitrogens with two attached hydrogens (primary N) is 2. The van der Waals surface area contributed by atoms with Gasteiger partial charge in [0.15, 0.2) is 11.9 Å². The molecule has 1 aromatic carbocycles. The Kier molecular flexibility index (Phi) is 5.51. The number of carbonyl (C=O) groups excluding carboxylic acids is 2. The third kappa shape index (κ3) is 3.69. The van der Waals surface area contributed by atoms with Gasteiger partial charge in [-0.15, -0.1) is 0 Å². The van der Waals surface area contributed by atoms with E-state index in [0.717, 1.165) is 11.8 Å². The van der Waals surface area contributed by atoms with Crippen LogP contribution in [0.25, 0.3) is 0 Å². The van der Waals surface area contributed by atoms with E-state index in [1.54, 1.807) is 24.3 Å². The molecule has 1 saturated heterocycles. The van der Waals surface area contributed by atoms with Gasteiger partial charge < -0.3 is 31.7 Å². The third-order valence-corrected chi connectivity index (χ3v) is 4.46. The predicted molar refractivity (Wildman–Crippen MR) is 94.6 cm³/mol. The van der Waals surface area contributed by atoms with Crippen LogP contribution >= 0.6 is 0 Å². The highest BCUT2D eigenvalue weighted by Crippen LogP contribution is 2.31. The number of aromatic nitrogens is 2. The number of benzene rings is 1. The Morgan fingerprint density at radius 2 is 2.00 bits per heavy atom. The molecule has 10 heteroatoms. The van der Waals surface area contributed by atoms with E-state index in [1.165, 1.54) is 10.9 Å². The first-order valence-electron chi connectivity index (χ1n) is 8.32. The monoisotopic (exact) mass is 375 g/mol. The number of ether oxygens (including phenoxy) is 1. The van der Waals surface area contributed by atoms with Crippen molar-refractivity contribution < 1.29 is 24.5 Å². The van der Waals surface area contributed by atoms with Crippen molar-refractivity contribution in [3.8, 4) is 0 Å². The summed E-state index contributed by atoms with van der Waals surface area (Å²) in [6, 6.07) is 6.75. The second-order valence-corrected chi connectivity index (χ2v) is 6.21. The quantitative estimate of drug-likeness (QED) is 0.392. The fourth-order valence-electron chi connectivity index (χ4n) is 2.88. The minimum atomic E-state index is -1.25. The molecule has 1 fully saturated rings. The number of nitrogen functional groups attached to an aromatic ring is 1. The van der Waals surface area contributed by atoms with Crippen LogP contribution in [0, 0.1) is 0 Å². The van der Waals surface area contributed by atoms with Crippen molar-refractivity contribution in [3.05, 3.63) is 47.4 Å². The maximum Gasteiger partial charge on any atom is 0.273 e. The van der Waals surface area contributed by atoms with Crippen LogP contribution in [0.2, 0.25) is 0 Å². The molecule has 10 nitrogen and oxygen atoms in total. The molecule has 0 unspecified atom stereocenters. The molecular formula is C17H21N5O5. The SMILES string of the molecule is NC[C@H]1O[C@@H](n2cnc(C(=O)NCc3ccc(C=O)cc3)c2N)[C@H](O)[C@@H]1O. The molecule has 0 radical (unpaired) electrons. The molecule has 27 heavy (non-hydrogen) atoms. The van der Waals surface area contributed by atoms with Crippen LogP contribution < -0.4 is 16.8 Å². The zero-order valence-corrected chi connectivity index (χ0v) is 14.4. The van der Waals surface area contributed by atoms with E-state index in [9.17, 15) is 19.8 Å². The average Bonchev–Trinajstić information content (AvgIpc) is 3.20. The number of aliphatic hydroxyl groups is 2. The summed E-state index contributed by atoms with van der Waals surface area (Å²) in [6.45, 7) is 0.250. The molecule has 1 aliphatic rings. The highest BCUT2D eigenvalue weighted by Gasteiger charge is 2.43. The summed E-state index contributed by atoms with van der Waals surface area (Å²) >= 11 is 0. The van der Waals surface area contributed by atoms with Gasteiger partial charge in [0.1, 0.15) is 30.4 Å². The Balaban J connectivity index is 1.69. The lowest BCUT2D eigenvalue weighted by Gasteiger charge is -2.17. The van der Waals surface area contributed by atoms with Crippen molar-refractivity contribution in [3.63, 3.8) is 0 Å². The average molecular weight is 375 g/mol. The first kappa shape index (κ1) is 19.0. The molecule has 3 rings (SSSR count). The van der Waals surface area contributed by atoms with E-state index < -0.39 is 30.4 Å². The number of carbonyl (C=O) groups is 2. The largest absolute Gasteiger partial charge is 0.387 e. The van der Waals surface area contributed by atoms with Crippen LogP contribution in [0.1, 0.15) is 32.6 Å². The predicted octanol–water partition coefficient (Wildman–Crippen LogP) is -1.21. The minimum absolute atomic E-state index is 0.00211. The molecule has 0 spiro atoms. The number of rotatable bonds is 6. The molecule has 2 heterocycles. The van der Waals surface area contributed by atoms with Gasteiger partial charge in [-0.05, 0) is 5.56 Å². The number of nitrogens with one attached hydrogen (secondary N) is 1. The van der Waals surface area contributed by atoms with E-state index in [1.807, 2.05) is 0 Å². The molecule has 0 bridgehead atoms. The van der Waals surface area contributed by atoms with Gasteiger partial charge >= 0.3 is 0 Å². The van der Waals surface area contributed by atoms with Gasteiger partial charge in [0.05, 0.1) is 6.33 Å². The molecule has 7 N–H and O–H groups in total. The highest BCUT2D eigenvalue weighted by atomic mass is 16.6. The normalized spacial score (nSPS) is 24.7. The van der Waals surface area contributed by atoms with Crippen LogP contribution in [0.15, 0.2) is 30.6 Å². The van der Waals surface area contributed by atoms with Crippen molar-refractivity contribution in [2.24, 2.45) is 5.73 Å². The Labute approximate surface area is 154 Å². The van der Waals surface area contributed by atoms with Crippen molar-refractivity contribution in [1.82, 2.24) is 14.9 Å². The van der Waals surface area contributed by atoms with Crippen LogP contribution in [-0.4, -0.2) is 56.8 Å². The maximum atomic E-state index is 12.4. The van der Waals surface area contributed by atoms with E-state index >= 15 is 0 Å². The molecule has 2 aromatic rings. The maximum absolute atomic E-state index is 12.4. The summed E-state index contributed by atoms with van der Waals surface area (Å²) in [5.74, 6) is -0.508. The summed E-state index contributed by atoms with van der Waals surface area (Å²) in [5, 5.41) is 22.7. The Hall–Kier alpha value is -2.79. The van der Waals surface area contributed by atoms with Gasteiger partial charge in [-0.1, -0.05) is 24.3 Å². The van der Waals surface area contributed by atoms with Crippen LogP contribution in [0.3, 0.4) is 0 Å². The summed E-state index contributed by atoms with van der Waals surface area (Å²) < 4.78 is 6.79. The zero-order chi connectivity index (χ0) is 19.6. The third-order valence-electron chi connectivity index (χ3n) is 4.46. The lowest BCUT2D eigenvalue weighted by atomic mass is 10.1. The summed E-state index contributed by atoms with van der Waals surface area (Å²) in [7, 11) is 0. The topological polar surface area (TPSA) is 166 Å². The number of amides is 1. The van der Waals surface area contributed by atoms with Gasteiger partial charge in [-0.25, -0.2) is 4.98 Å². The van der Waals surface area contributed by atoms with Gasteiger partial charge in [0, 0.05) is 18.7 Å². The highest BCUT2D eigenvalue weighted by molar-refractivity contribution is 5.96. The summed E-state index contributed by atoms with van der Waals surface area (Å²) in [4.78, 5) is 27.0. The summed E-state index contributed by atoms with van der Waals surface area (Å²) in [6.07, 6.45) is -2.13. The van der Waals surface area contributed by atoms with Crippen LogP contribution in [-0.2, 0) is 11.3 Å². The molecule has 1 aromatic heterocycles. The number of aldehydes is 1. The van der Waals surface area contributed by atoms with E-state index in [2.05, 4.69) is 10.3 Å². The smallest absolute Gasteiger partial charge is 0.273 e. The van der Waals surface area contributed by atoms with Crippen LogP contribution in [0.4, 0.5) is 5.82 Å². The summed E-state index contributed by atoms with van der Waals surface area (Å²) in [5.41, 5.74) is 12.8. The first-order chi connectivity index (χ1) is 13.0. The zero-order valence-electron chi connectivity index (χ0n) is 14.4. The number of hydrogen-bond acceptors (Lipinski definition) is 8. The van der Waals surface area contributed by atoms with Crippen molar-refractivity contribution in [1.29, 1.82) is 0 Å². The number of nitrogens with zero attached hydrogens (tertiary/aromatic N) is 2. The van der Waals surface area contributed by atoms with Gasteiger partial charge in [-0.2, -0.15) is 0 Å². The number of hydrogen-bond donors (Lipinski definition) is 5. The Morgan fingerprint density at radius 1 is 1.30 bits per heavy atom. The van der Waals surface area contributed by atoms with Crippen LogP contribution in [0.5, 0.6) is 0 Å². The second kappa shape index (κ2) is 7.84. The minimum Gasteiger partial charge on any atom is -0.387 e.